The van der Waals surface area contributed by atoms with E-state index in [9.17, 15) is 15.2 Å². The summed E-state index contributed by atoms with van der Waals surface area (Å²) in [5.41, 5.74) is 0.928. The number of thiazole rings is 1. The van der Waals surface area contributed by atoms with Gasteiger partial charge in [0.2, 0.25) is 10.8 Å². The summed E-state index contributed by atoms with van der Waals surface area (Å²) in [5.74, 6) is 0.668. The van der Waals surface area contributed by atoms with Crippen LogP contribution >= 0.6 is 11.3 Å². The first kappa shape index (κ1) is 18.3. The monoisotopic (exact) mass is 375 g/mol. The number of nitro benzene ring substituents is 1. The Hall–Kier alpha value is -2.52. The van der Waals surface area contributed by atoms with Crippen LogP contribution in [-0.4, -0.2) is 43.1 Å². The van der Waals surface area contributed by atoms with E-state index in [1.54, 1.807) is 19.1 Å². The van der Waals surface area contributed by atoms with E-state index in [1.807, 2.05) is 7.05 Å². The van der Waals surface area contributed by atoms with Crippen molar-refractivity contribution in [2.24, 2.45) is 0 Å². The van der Waals surface area contributed by atoms with E-state index >= 15 is 0 Å². The maximum absolute atomic E-state index is 10.9. The van der Waals surface area contributed by atoms with Crippen molar-refractivity contribution in [3.8, 4) is 5.88 Å². The average Bonchev–Trinajstić information content (AvgIpc) is 3.11. The number of fused-ring (bicyclic) bond motifs is 1. The highest BCUT2D eigenvalue weighted by Crippen LogP contribution is 2.39. The number of nitrogens with zero attached hydrogens (tertiary/aromatic N) is 5. The van der Waals surface area contributed by atoms with Crippen LogP contribution in [0.2, 0.25) is 0 Å². The van der Waals surface area contributed by atoms with Crippen LogP contribution in [0.3, 0.4) is 0 Å². The van der Waals surface area contributed by atoms with Crippen LogP contribution in [0.1, 0.15) is 42.1 Å². The number of benzene rings is 1. The molecule has 0 aliphatic rings. The van der Waals surface area contributed by atoms with Gasteiger partial charge in [-0.2, -0.15) is 4.52 Å². The van der Waals surface area contributed by atoms with Gasteiger partial charge in [0.15, 0.2) is 0 Å². The fourth-order valence-corrected chi connectivity index (χ4v) is 4.14. The summed E-state index contributed by atoms with van der Waals surface area (Å²) in [4.78, 5) is 18.4. The second-order valence-electron chi connectivity index (χ2n) is 6.23. The first-order valence-corrected chi connectivity index (χ1v) is 9.23. The van der Waals surface area contributed by atoms with Crippen molar-refractivity contribution in [3.63, 3.8) is 0 Å². The fourth-order valence-electron chi connectivity index (χ4n) is 2.95. The Morgan fingerprint density at radius 2 is 2.08 bits per heavy atom. The standard InChI is InChI=1S/C17H21N5O3S/c1-4-5-10-20(3)14(12-6-8-13(9-7-12)22(24)25)15-16(23)21-17(26-15)18-11(2)19-21/h6-9,14,23H,4-5,10H2,1-3H3. The van der Waals surface area contributed by atoms with E-state index in [-0.39, 0.29) is 17.6 Å². The molecule has 138 valence electrons. The molecule has 3 aromatic rings. The molecule has 0 amide bonds. The lowest BCUT2D eigenvalue weighted by molar-refractivity contribution is -0.384. The van der Waals surface area contributed by atoms with Gasteiger partial charge in [-0.3, -0.25) is 15.0 Å². The molecule has 0 fully saturated rings. The summed E-state index contributed by atoms with van der Waals surface area (Å²) < 4.78 is 1.45. The third-order valence-corrected chi connectivity index (χ3v) is 5.35. The smallest absolute Gasteiger partial charge is 0.269 e. The number of aromatic hydroxyl groups is 1. The molecule has 26 heavy (non-hydrogen) atoms. The number of hydrogen-bond acceptors (Lipinski definition) is 7. The van der Waals surface area contributed by atoms with Crippen LogP contribution in [0.25, 0.3) is 4.96 Å². The second kappa shape index (κ2) is 7.38. The molecule has 1 aromatic carbocycles. The van der Waals surface area contributed by atoms with Gasteiger partial charge in [0.25, 0.3) is 5.69 Å². The molecule has 1 N–H and O–H groups in total. The predicted molar refractivity (Wildman–Crippen MR) is 99.7 cm³/mol. The molecule has 0 spiro atoms. The van der Waals surface area contributed by atoms with Gasteiger partial charge < -0.3 is 5.11 Å². The number of rotatable bonds is 7. The van der Waals surface area contributed by atoms with Gasteiger partial charge in [0.05, 0.1) is 15.8 Å². The van der Waals surface area contributed by atoms with E-state index in [0.717, 1.165) is 29.8 Å². The molecular weight excluding hydrogens is 354 g/mol. The van der Waals surface area contributed by atoms with E-state index in [1.165, 1.54) is 28.0 Å². The Morgan fingerprint density at radius 1 is 1.38 bits per heavy atom. The minimum Gasteiger partial charge on any atom is -0.492 e. The molecule has 2 heterocycles. The topological polar surface area (TPSA) is 96.8 Å². The summed E-state index contributed by atoms with van der Waals surface area (Å²) in [6.45, 7) is 4.74. The first-order chi connectivity index (χ1) is 12.4. The summed E-state index contributed by atoms with van der Waals surface area (Å²) >= 11 is 1.38. The molecule has 0 saturated carbocycles. The summed E-state index contributed by atoms with van der Waals surface area (Å²) in [5, 5.41) is 25.8. The number of nitro groups is 1. The summed E-state index contributed by atoms with van der Waals surface area (Å²) in [7, 11) is 1.99. The maximum Gasteiger partial charge on any atom is 0.269 e. The fraction of sp³-hybridized carbons (Fsp3) is 0.412. The Labute approximate surface area is 154 Å². The zero-order valence-electron chi connectivity index (χ0n) is 14.9. The lowest BCUT2D eigenvalue weighted by atomic mass is 10.0. The van der Waals surface area contributed by atoms with Crippen molar-refractivity contribution in [3.05, 3.63) is 50.6 Å². The minimum atomic E-state index is -0.414. The third kappa shape index (κ3) is 3.40. The highest BCUT2D eigenvalue weighted by molar-refractivity contribution is 7.17. The van der Waals surface area contributed by atoms with Crippen molar-refractivity contribution >= 4 is 22.0 Å². The molecule has 0 aliphatic carbocycles. The normalized spacial score (nSPS) is 12.8. The van der Waals surface area contributed by atoms with E-state index in [0.29, 0.717) is 10.8 Å². The highest BCUT2D eigenvalue weighted by atomic mass is 32.1. The molecule has 9 heteroatoms. The quantitative estimate of drug-likeness (QED) is 0.501. The third-order valence-electron chi connectivity index (χ3n) is 4.28. The molecule has 0 bridgehead atoms. The summed E-state index contributed by atoms with van der Waals surface area (Å²) in [6.07, 6.45) is 2.07. The molecule has 0 saturated heterocycles. The van der Waals surface area contributed by atoms with Gasteiger partial charge in [-0.15, -0.1) is 5.10 Å². The number of hydrogen-bond donors (Lipinski definition) is 1. The van der Waals surface area contributed by atoms with Crippen molar-refractivity contribution in [2.45, 2.75) is 32.7 Å². The minimum absolute atomic E-state index is 0.0474. The van der Waals surface area contributed by atoms with Crippen LogP contribution in [0.15, 0.2) is 24.3 Å². The largest absolute Gasteiger partial charge is 0.492 e. The molecule has 2 aromatic heterocycles. The molecule has 8 nitrogen and oxygen atoms in total. The molecule has 1 unspecified atom stereocenters. The number of aromatic nitrogens is 3. The number of non-ortho nitro benzene ring substituents is 1. The van der Waals surface area contributed by atoms with Crippen molar-refractivity contribution in [1.29, 1.82) is 0 Å². The SMILES string of the molecule is CCCCN(C)C(c1ccc([N+](=O)[O-])cc1)c1sc2nc(C)nn2c1O. The van der Waals surface area contributed by atoms with E-state index < -0.39 is 4.92 Å². The highest BCUT2D eigenvalue weighted by Gasteiger charge is 2.27. The lowest BCUT2D eigenvalue weighted by Crippen LogP contribution is -2.26. The van der Waals surface area contributed by atoms with Crippen LogP contribution < -0.4 is 0 Å². The van der Waals surface area contributed by atoms with Crippen molar-refractivity contribution in [1.82, 2.24) is 19.5 Å². The van der Waals surface area contributed by atoms with Crippen LogP contribution in [0.4, 0.5) is 5.69 Å². The zero-order valence-corrected chi connectivity index (χ0v) is 15.7. The van der Waals surface area contributed by atoms with Gasteiger partial charge in [0.1, 0.15) is 5.82 Å². The number of aryl methyl sites for hydroxylation is 1. The lowest BCUT2D eigenvalue weighted by Gasteiger charge is -2.27. The van der Waals surface area contributed by atoms with Crippen LogP contribution in [0.5, 0.6) is 5.88 Å². The van der Waals surface area contributed by atoms with Gasteiger partial charge >= 0.3 is 0 Å². The van der Waals surface area contributed by atoms with Crippen LogP contribution in [0, 0.1) is 17.0 Å². The van der Waals surface area contributed by atoms with Crippen molar-refractivity contribution in [2.75, 3.05) is 13.6 Å². The maximum atomic E-state index is 10.9. The Bertz CT molecular complexity index is 919. The van der Waals surface area contributed by atoms with Gasteiger partial charge in [-0.05, 0) is 32.5 Å². The molecule has 0 aliphatic heterocycles. The Balaban J connectivity index is 2.05. The van der Waals surface area contributed by atoms with Crippen molar-refractivity contribution < 1.29 is 10.0 Å². The van der Waals surface area contributed by atoms with E-state index in [2.05, 4.69) is 21.9 Å². The van der Waals surface area contributed by atoms with Gasteiger partial charge in [-0.25, -0.2) is 4.98 Å². The average molecular weight is 375 g/mol. The van der Waals surface area contributed by atoms with E-state index in [4.69, 9.17) is 0 Å². The van der Waals surface area contributed by atoms with Gasteiger partial charge in [0, 0.05) is 12.1 Å². The molecule has 0 radical (unpaired) electrons. The first-order valence-electron chi connectivity index (χ1n) is 8.42. The van der Waals surface area contributed by atoms with Gasteiger partial charge in [-0.1, -0.05) is 36.8 Å². The van der Waals surface area contributed by atoms with Crippen LogP contribution in [-0.2, 0) is 0 Å². The predicted octanol–water partition coefficient (Wildman–Crippen LogP) is 3.53. The Morgan fingerprint density at radius 3 is 2.65 bits per heavy atom. The molecule has 3 rings (SSSR count). The molecular formula is C17H21N5O3S. The Kier molecular flexibility index (Phi) is 5.19. The summed E-state index contributed by atoms with van der Waals surface area (Å²) in [6, 6.07) is 6.25. The molecule has 1 atom stereocenters. The zero-order chi connectivity index (χ0) is 18.8. The second-order valence-corrected chi connectivity index (χ2v) is 7.24. The number of unbranched alkanes of at least 4 members (excludes halogenated alkanes) is 1.